The van der Waals surface area contributed by atoms with E-state index in [0.717, 1.165) is 22.9 Å². The van der Waals surface area contributed by atoms with E-state index >= 15 is 0 Å². The summed E-state index contributed by atoms with van der Waals surface area (Å²) in [5, 5.41) is 8.33. The Morgan fingerprint density at radius 3 is 2.54 bits per heavy atom. The van der Waals surface area contributed by atoms with Crippen LogP contribution in [0.5, 0.6) is 0 Å². The lowest BCUT2D eigenvalue weighted by Crippen LogP contribution is -2.08. The molecule has 3 aromatic rings. The predicted octanol–water partition coefficient (Wildman–Crippen LogP) is 4.14. The average Bonchev–Trinajstić information content (AvgIpc) is 3.25. The van der Waals surface area contributed by atoms with Crippen molar-refractivity contribution in [1.29, 1.82) is 0 Å². The summed E-state index contributed by atoms with van der Waals surface area (Å²) < 4.78 is 10.7. The van der Waals surface area contributed by atoms with Crippen molar-refractivity contribution in [3.63, 3.8) is 0 Å². The molecule has 0 radical (unpaired) electrons. The van der Waals surface area contributed by atoms with E-state index in [1.807, 2.05) is 31.2 Å². The molecule has 1 N–H and O–H groups in total. The molecule has 0 aliphatic carbocycles. The maximum atomic E-state index is 12.6. The molecule has 0 saturated heterocycles. The highest BCUT2D eigenvalue weighted by Crippen LogP contribution is 2.25. The molecule has 0 aliphatic rings. The number of nitrogens with one attached hydrogen (secondary N) is 1. The molecular formula is C20H21N3O4S. The van der Waals surface area contributed by atoms with Crippen LogP contribution >= 0.6 is 11.8 Å². The van der Waals surface area contributed by atoms with Gasteiger partial charge in [0.2, 0.25) is 5.89 Å². The summed E-state index contributed by atoms with van der Waals surface area (Å²) in [5.41, 5.74) is 3.98. The normalized spacial score (nSPS) is 10.9. The number of carbonyl (C=O) groups excluding carboxylic acids is 2. The fourth-order valence-electron chi connectivity index (χ4n) is 2.82. The Hall–Kier alpha value is -2.87. The van der Waals surface area contributed by atoms with Gasteiger partial charge in [0.05, 0.1) is 23.6 Å². The number of aryl methyl sites for hydroxylation is 2. The highest BCUT2D eigenvalue weighted by atomic mass is 32.2. The lowest BCUT2D eigenvalue weighted by Gasteiger charge is -2.02. The lowest BCUT2D eigenvalue weighted by molar-refractivity contribution is 0.0525. The van der Waals surface area contributed by atoms with Gasteiger partial charge in [0.25, 0.3) is 5.22 Å². The molecule has 0 amide bonds. The van der Waals surface area contributed by atoms with E-state index in [1.165, 1.54) is 0 Å². The zero-order valence-electron chi connectivity index (χ0n) is 16.2. The summed E-state index contributed by atoms with van der Waals surface area (Å²) in [4.78, 5) is 27.7. The first kappa shape index (κ1) is 19.9. The molecule has 28 heavy (non-hydrogen) atoms. The summed E-state index contributed by atoms with van der Waals surface area (Å²) in [6.45, 7) is 7.50. The van der Waals surface area contributed by atoms with E-state index in [-0.39, 0.29) is 18.1 Å². The Bertz CT molecular complexity index is 1010. The van der Waals surface area contributed by atoms with Gasteiger partial charge in [0.1, 0.15) is 0 Å². The van der Waals surface area contributed by atoms with Crippen LogP contribution in [0.1, 0.15) is 44.6 Å². The number of ether oxygens (including phenoxy) is 1. The summed E-state index contributed by atoms with van der Waals surface area (Å²) >= 11 is 1.16. The number of hydrogen-bond acceptors (Lipinski definition) is 7. The Balaban J connectivity index is 1.69. The largest absolute Gasteiger partial charge is 0.462 e. The monoisotopic (exact) mass is 399 g/mol. The molecule has 146 valence electrons. The molecule has 0 bridgehead atoms. The third-order valence-corrected chi connectivity index (χ3v) is 5.05. The topological polar surface area (TPSA) is 98.1 Å². The Morgan fingerprint density at radius 1 is 1.14 bits per heavy atom. The first-order valence-corrected chi connectivity index (χ1v) is 9.82. The van der Waals surface area contributed by atoms with E-state index in [1.54, 1.807) is 20.8 Å². The molecule has 3 rings (SSSR count). The number of Topliss-reactive ketones (excluding diaryl/α,β-unsaturated/α-hetero) is 1. The average molecular weight is 399 g/mol. The second-order valence-electron chi connectivity index (χ2n) is 6.30. The minimum atomic E-state index is -0.430. The van der Waals surface area contributed by atoms with Gasteiger partial charge in [-0.1, -0.05) is 29.5 Å². The van der Waals surface area contributed by atoms with Crippen LogP contribution in [0.3, 0.4) is 0 Å². The Labute approximate surface area is 166 Å². The molecule has 8 heteroatoms. The fourth-order valence-corrected chi connectivity index (χ4v) is 3.45. The number of benzene rings is 1. The van der Waals surface area contributed by atoms with Gasteiger partial charge >= 0.3 is 5.97 Å². The smallest absolute Gasteiger partial charge is 0.340 e. The molecule has 7 nitrogen and oxygen atoms in total. The maximum Gasteiger partial charge on any atom is 0.340 e. The van der Waals surface area contributed by atoms with Crippen LogP contribution in [0.4, 0.5) is 0 Å². The number of esters is 1. The van der Waals surface area contributed by atoms with Crippen LogP contribution in [-0.4, -0.2) is 39.3 Å². The molecule has 0 spiro atoms. The number of carbonyl (C=O) groups is 2. The molecule has 0 unspecified atom stereocenters. The van der Waals surface area contributed by atoms with Gasteiger partial charge in [0.15, 0.2) is 5.78 Å². The lowest BCUT2D eigenvalue weighted by atomic mass is 10.1. The molecule has 0 aliphatic heterocycles. The van der Waals surface area contributed by atoms with Crippen LogP contribution < -0.4 is 0 Å². The summed E-state index contributed by atoms with van der Waals surface area (Å²) in [6.07, 6.45) is 0. The van der Waals surface area contributed by atoms with Gasteiger partial charge in [-0.15, -0.1) is 10.2 Å². The van der Waals surface area contributed by atoms with Crippen molar-refractivity contribution in [3.8, 4) is 11.5 Å². The van der Waals surface area contributed by atoms with Crippen LogP contribution in [-0.2, 0) is 4.74 Å². The van der Waals surface area contributed by atoms with E-state index in [2.05, 4.69) is 15.2 Å². The molecule has 0 saturated carbocycles. The number of aromatic nitrogens is 3. The van der Waals surface area contributed by atoms with Gasteiger partial charge in [-0.25, -0.2) is 4.79 Å². The predicted molar refractivity (Wildman–Crippen MR) is 106 cm³/mol. The van der Waals surface area contributed by atoms with Gasteiger partial charge in [-0.2, -0.15) is 0 Å². The van der Waals surface area contributed by atoms with Crippen LogP contribution in [0, 0.1) is 20.8 Å². The van der Waals surface area contributed by atoms with Crippen LogP contribution in [0.25, 0.3) is 11.5 Å². The molecule has 2 heterocycles. The van der Waals surface area contributed by atoms with Gasteiger partial charge < -0.3 is 14.1 Å². The zero-order valence-corrected chi connectivity index (χ0v) is 17.0. The summed E-state index contributed by atoms with van der Waals surface area (Å²) in [6, 6.07) is 7.75. The van der Waals surface area contributed by atoms with Gasteiger partial charge in [-0.05, 0) is 45.4 Å². The standard InChI is InChI=1S/C20H21N3O4S/c1-5-26-19(25)16-12(3)17(21-13(16)4)15(24)10-28-20-23-22-18(27-20)14-8-6-11(2)7-9-14/h6-9,21H,5,10H2,1-4H3. The van der Waals surface area contributed by atoms with E-state index in [9.17, 15) is 9.59 Å². The molecular weight excluding hydrogens is 378 g/mol. The molecule has 1 aromatic carbocycles. The van der Waals surface area contributed by atoms with Gasteiger partial charge in [-0.3, -0.25) is 4.79 Å². The minimum absolute atomic E-state index is 0.110. The van der Waals surface area contributed by atoms with E-state index < -0.39 is 5.97 Å². The van der Waals surface area contributed by atoms with Crippen molar-refractivity contribution in [1.82, 2.24) is 15.2 Å². The number of H-pyrrole nitrogens is 1. The quantitative estimate of drug-likeness (QED) is 0.362. The van der Waals surface area contributed by atoms with Crippen molar-refractivity contribution in [2.24, 2.45) is 0 Å². The highest BCUT2D eigenvalue weighted by molar-refractivity contribution is 7.99. The van der Waals surface area contributed by atoms with Crippen molar-refractivity contribution in [2.75, 3.05) is 12.4 Å². The SMILES string of the molecule is CCOC(=O)c1c(C)[nH]c(C(=O)CSc2nnc(-c3ccc(C)cc3)o2)c1C. The van der Waals surface area contributed by atoms with E-state index in [4.69, 9.17) is 9.15 Å². The van der Waals surface area contributed by atoms with Crippen LogP contribution in [0.15, 0.2) is 33.9 Å². The first-order valence-electron chi connectivity index (χ1n) is 8.83. The number of thioether (sulfide) groups is 1. The third-order valence-electron chi connectivity index (χ3n) is 4.23. The Kier molecular flexibility index (Phi) is 5.99. The second-order valence-corrected chi connectivity index (χ2v) is 7.22. The number of rotatable bonds is 7. The summed E-state index contributed by atoms with van der Waals surface area (Å²) in [5.74, 6) is -0.0683. The van der Waals surface area contributed by atoms with Crippen molar-refractivity contribution in [2.45, 2.75) is 32.9 Å². The second kappa shape index (κ2) is 8.43. The molecule has 0 atom stereocenters. The third kappa shape index (κ3) is 4.17. The highest BCUT2D eigenvalue weighted by Gasteiger charge is 2.23. The fraction of sp³-hybridized carbons (Fsp3) is 0.300. The molecule has 0 fully saturated rings. The van der Waals surface area contributed by atoms with Crippen molar-refractivity contribution in [3.05, 3.63) is 52.3 Å². The maximum absolute atomic E-state index is 12.6. The minimum Gasteiger partial charge on any atom is -0.462 e. The molecule has 2 aromatic heterocycles. The Morgan fingerprint density at radius 2 is 1.86 bits per heavy atom. The summed E-state index contributed by atoms with van der Waals surface area (Å²) in [7, 11) is 0. The zero-order chi connectivity index (χ0) is 20.3. The van der Waals surface area contributed by atoms with Gasteiger partial charge in [0, 0.05) is 11.3 Å². The number of aromatic amines is 1. The number of hydrogen-bond donors (Lipinski definition) is 1. The van der Waals surface area contributed by atoms with E-state index in [0.29, 0.717) is 33.6 Å². The number of nitrogens with zero attached hydrogens (tertiary/aromatic N) is 2. The first-order chi connectivity index (χ1) is 13.4. The van der Waals surface area contributed by atoms with Crippen molar-refractivity contribution >= 4 is 23.5 Å². The van der Waals surface area contributed by atoms with Crippen molar-refractivity contribution < 1.29 is 18.7 Å². The van der Waals surface area contributed by atoms with Crippen LogP contribution in [0.2, 0.25) is 0 Å². The number of ketones is 1.